The molecule has 8 heteroatoms. The molecule has 0 aliphatic carbocycles. The van der Waals surface area contributed by atoms with Crippen molar-refractivity contribution in [3.05, 3.63) is 57.8 Å². The molecule has 0 saturated carbocycles. The fourth-order valence-corrected chi connectivity index (χ4v) is 5.79. The molecule has 1 aromatic carbocycles. The maximum absolute atomic E-state index is 12.8. The van der Waals surface area contributed by atoms with Gasteiger partial charge in [0.1, 0.15) is 4.90 Å². The number of benzene rings is 1. The summed E-state index contributed by atoms with van der Waals surface area (Å²) in [4.78, 5) is 18.5. The van der Waals surface area contributed by atoms with E-state index in [2.05, 4.69) is 4.98 Å². The molecule has 0 radical (unpaired) electrons. The molecule has 0 atom stereocenters. The van der Waals surface area contributed by atoms with Gasteiger partial charge in [-0.25, -0.2) is 8.42 Å². The van der Waals surface area contributed by atoms with Crippen molar-refractivity contribution in [3.63, 3.8) is 0 Å². The van der Waals surface area contributed by atoms with Crippen molar-refractivity contribution in [2.45, 2.75) is 36.3 Å². The second-order valence-corrected chi connectivity index (χ2v) is 9.34. The van der Waals surface area contributed by atoms with Crippen LogP contribution in [0.1, 0.15) is 41.6 Å². The van der Waals surface area contributed by atoms with E-state index >= 15 is 0 Å². The predicted octanol–water partition coefficient (Wildman–Crippen LogP) is 4.38. The lowest BCUT2D eigenvalue weighted by Gasteiger charge is -2.20. The molecule has 0 bridgehead atoms. The summed E-state index contributed by atoms with van der Waals surface area (Å²) in [5, 5.41) is 0.152. The van der Waals surface area contributed by atoms with Crippen LogP contribution in [0.4, 0.5) is 0 Å². The number of likely N-dealkylation sites (tertiary alicyclic amines) is 1. The molecule has 2 aromatic rings. The van der Waals surface area contributed by atoms with Crippen LogP contribution in [0.3, 0.4) is 0 Å². The molecule has 27 heavy (non-hydrogen) atoms. The summed E-state index contributed by atoms with van der Waals surface area (Å²) in [5.41, 5.74) is 0.821. The van der Waals surface area contributed by atoms with Crippen molar-refractivity contribution in [3.8, 4) is 0 Å². The summed E-state index contributed by atoms with van der Waals surface area (Å²) in [7, 11) is -3.78. The van der Waals surface area contributed by atoms with Gasteiger partial charge in [0.2, 0.25) is 0 Å². The summed E-state index contributed by atoms with van der Waals surface area (Å²) in [5.74, 6) is -0.440. The quantitative estimate of drug-likeness (QED) is 0.727. The number of amides is 1. The van der Waals surface area contributed by atoms with Crippen molar-refractivity contribution in [2.75, 3.05) is 13.1 Å². The maximum Gasteiger partial charge on any atom is 0.255 e. The second-order valence-electron chi connectivity index (χ2n) is 6.60. The summed E-state index contributed by atoms with van der Waals surface area (Å²) < 4.78 is 25.6. The summed E-state index contributed by atoms with van der Waals surface area (Å²) >= 11 is 12.1. The van der Waals surface area contributed by atoms with Gasteiger partial charge in [-0.05, 0) is 36.6 Å². The van der Waals surface area contributed by atoms with Crippen LogP contribution >= 0.6 is 23.2 Å². The highest BCUT2D eigenvalue weighted by Gasteiger charge is 2.24. The molecule has 1 saturated heterocycles. The third-order valence-corrected chi connectivity index (χ3v) is 7.15. The van der Waals surface area contributed by atoms with Gasteiger partial charge in [-0.1, -0.05) is 42.1 Å². The normalized spacial score (nSPS) is 15.4. The van der Waals surface area contributed by atoms with Gasteiger partial charge >= 0.3 is 0 Å². The zero-order valence-corrected chi connectivity index (χ0v) is 17.0. The smallest absolute Gasteiger partial charge is 0.255 e. The van der Waals surface area contributed by atoms with Gasteiger partial charge < -0.3 is 4.90 Å². The Morgan fingerprint density at radius 3 is 2.30 bits per heavy atom. The van der Waals surface area contributed by atoms with Gasteiger partial charge in [-0.3, -0.25) is 9.78 Å². The van der Waals surface area contributed by atoms with Crippen LogP contribution < -0.4 is 0 Å². The standard InChI is InChI=1S/C19H20Cl2N2O3S/c20-16-6-5-7-17(21)18(16)27(25,26)13-14-10-15(12-22-11-14)19(24)23-8-3-1-2-4-9-23/h5-7,10-12H,1-4,8-9,13H2. The number of carbonyl (C=O) groups is 1. The number of hydrogen-bond acceptors (Lipinski definition) is 4. The number of aromatic nitrogens is 1. The first-order valence-electron chi connectivity index (χ1n) is 8.78. The molecule has 0 spiro atoms. The predicted molar refractivity (Wildman–Crippen MR) is 106 cm³/mol. The Balaban J connectivity index is 1.84. The van der Waals surface area contributed by atoms with Crippen LogP contribution in [0.2, 0.25) is 10.0 Å². The lowest BCUT2D eigenvalue weighted by molar-refractivity contribution is 0.0761. The van der Waals surface area contributed by atoms with Crippen LogP contribution in [-0.4, -0.2) is 37.3 Å². The van der Waals surface area contributed by atoms with Crippen LogP contribution in [0.15, 0.2) is 41.6 Å². The molecule has 1 aromatic heterocycles. The summed E-state index contributed by atoms with van der Waals surface area (Å²) in [6.45, 7) is 1.44. The lowest BCUT2D eigenvalue weighted by atomic mass is 10.2. The van der Waals surface area contributed by atoms with Gasteiger partial charge in [-0.2, -0.15) is 0 Å². The number of sulfone groups is 1. The molecule has 1 aliphatic heterocycles. The maximum atomic E-state index is 12.8. The number of hydrogen-bond donors (Lipinski definition) is 0. The first kappa shape index (κ1) is 20.1. The van der Waals surface area contributed by atoms with E-state index in [-0.39, 0.29) is 26.6 Å². The highest BCUT2D eigenvalue weighted by atomic mass is 35.5. The average molecular weight is 427 g/mol. The zero-order valence-electron chi connectivity index (χ0n) is 14.7. The Kier molecular flexibility index (Phi) is 6.40. The van der Waals surface area contributed by atoms with E-state index in [1.165, 1.54) is 24.5 Å². The second kappa shape index (κ2) is 8.59. The first-order valence-corrected chi connectivity index (χ1v) is 11.2. The van der Waals surface area contributed by atoms with Crippen molar-refractivity contribution in [1.82, 2.24) is 9.88 Å². The largest absolute Gasteiger partial charge is 0.339 e. The molecule has 2 heterocycles. The van der Waals surface area contributed by atoms with E-state index in [0.29, 0.717) is 11.1 Å². The number of nitrogens with zero attached hydrogens (tertiary/aromatic N) is 2. The average Bonchev–Trinajstić information content (AvgIpc) is 2.90. The molecule has 0 N–H and O–H groups in total. The van der Waals surface area contributed by atoms with Gasteiger partial charge in [-0.15, -0.1) is 0 Å². The molecule has 5 nitrogen and oxygen atoms in total. The number of pyridine rings is 1. The SMILES string of the molecule is O=C(c1cncc(CS(=O)(=O)c2c(Cl)cccc2Cl)c1)N1CCCCCC1. The van der Waals surface area contributed by atoms with E-state index < -0.39 is 9.84 Å². The van der Waals surface area contributed by atoms with Gasteiger partial charge in [0.15, 0.2) is 9.84 Å². The van der Waals surface area contributed by atoms with Gasteiger partial charge in [0.25, 0.3) is 5.91 Å². The molecule has 3 rings (SSSR count). The fraction of sp³-hybridized carbons (Fsp3) is 0.368. The van der Waals surface area contributed by atoms with Crippen LogP contribution in [0.25, 0.3) is 0 Å². The minimum atomic E-state index is -3.78. The molecule has 0 unspecified atom stereocenters. The summed E-state index contributed by atoms with van der Waals surface area (Å²) in [6, 6.07) is 6.14. The Morgan fingerprint density at radius 1 is 1.04 bits per heavy atom. The Hall–Kier alpha value is -1.63. The van der Waals surface area contributed by atoms with Crippen molar-refractivity contribution >= 4 is 38.9 Å². The summed E-state index contributed by atoms with van der Waals surface area (Å²) in [6.07, 6.45) is 7.14. The van der Waals surface area contributed by atoms with Crippen LogP contribution in [0, 0.1) is 0 Å². The monoisotopic (exact) mass is 426 g/mol. The topological polar surface area (TPSA) is 67.3 Å². The third kappa shape index (κ3) is 4.81. The van der Waals surface area contributed by atoms with Crippen molar-refractivity contribution in [1.29, 1.82) is 0 Å². The lowest BCUT2D eigenvalue weighted by Crippen LogP contribution is -2.32. The van der Waals surface area contributed by atoms with Crippen LogP contribution in [-0.2, 0) is 15.6 Å². The highest BCUT2D eigenvalue weighted by molar-refractivity contribution is 7.90. The van der Waals surface area contributed by atoms with Crippen molar-refractivity contribution in [2.24, 2.45) is 0 Å². The minimum absolute atomic E-state index is 0.0762. The molecule has 144 valence electrons. The molecular formula is C19H20Cl2N2O3S. The van der Waals surface area contributed by atoms with E-state index in [1.54, 1.807) is 12.1 Å². The molecule has 1 amide bonds. The van der Waals surface area contributed by atoms with Gasteiger partial charge in [0, 0.05) is 25.5 Å². The molecule has 1 aliphatic rings. The minimum Gasteiger partial charge on any atom is -0.339 e. The zero-order chi connectivity index (χ0) is 19.4. The van der Waals surface area contributed by atoms with Crippen LogP contribution in [0.5, 0.6) is 0 Å². The van der Waals surface area contributed by atoms with E-state index in [9.17, 15) is 13.2 Å². The van der Waals surface area contributed by atoms with E-state index in [0.717, 1.165) is 38.8 Å². The van der Waals surface area contributed by atoms with E-state index in [4.69, 9.17) is 23.2 Å². The fourth-order valence-electron chi connectivity index (χ4n) is 3.21. The number of carbonyl (C=O) groups excluding carboxylic acids is 1. The highest BCUT2D eigenvalue weighted by Crippen LogP contribution is 2.31. The molecular weight excluding hydrogens is 407 g/mol. The first-order chi connectivity index (χ1) is 12.9. The molecule has 1 fully saturated rings. The van der Waals surface area contributed by atoms with Gasteiger partial charge in [0.05, 0.1) is 21.4 Å². The van der Waals surface area contributed by atoms with Crippen molar-refractivity contribution < 1.29 is 13.2 Å². The number of rotatable bonds is 4. The Morgan fingerprint density at radius 2 is 1.67 bits per heavy atom. The number of halogens is 2. The Bertz CT molecular complexity index is 919. The third-order valence-electron chi connectivity index (χ3n) is 4.52. The Labute approximate surface area is 169 Å². The van der Waals surface area contributed by atoms with E-state index in [1.807, 2.05) is 4.90 Å².